The van der Waals surface area contributed by atoms with Gasteiger partial charge in [0.25, 0.3) is 11.7 Å². The summed E-state index contributed by atoms with van der Waals surface area (Å²) >= 11 is 7.72. The second kappa shape index (κ2) is 4.79. The predicted molar refractivity (Wildman–Crippen MR) is 53.7 cm³/mol. The molecule has 0 saturated heterocycles. The predicted octanol–water partition coefficient (Wildman–Crippen LogP) is 3.07. The van der Waals surface area contributed by atoms with Gasteiger partial charge in [-0.15, -0.1) is 0 Å². The van der Waals surface area contributed by atoms with Crippen LogP contribution in [-0.2, 0) is 0 Å². The van der Waals surface area contributed by atoms with Gasteiger partial charge in [0, 0.05) is 4.47 Å². The Balaban J connectivity index is 3.52. The van der Waals surface area contributed by atoms with Crippen molar-refractivity contribution >= 4 is 38.6 Å². The second-order valence-corrected chi connectivity index (χ2v) is 3.75. The zero-order valence-corrected chi connectivity index (χ0v) is 9.63. The molecule has 0 aliphatic heterocycles. The third kappa shape index (κ3) is 2.50. The van der Waals surface area contributed by atoms with E-state index in [1.165, 1.54) is 0 Å². The minimum absolute atomic E-state index is 0.284. The molecule has 0 aromatic carbocycles. The highest BCUT2D eigenvalue weighted by molar-refractivity contribution is 9.10. The monoisotopic (exact) mass is 314 g/mol. The van der Waals surface area contributed by atoms with Crippen LogP contribution in [0.2, 0.25) is 0 Å². The fourth-order valence-electron chi connectivity index (χ4n) is 0.962. The van der Waals surface area contributed by atoms with Gasteiger partial charge < -0.3 is 10.1 Å². The number of carbonyl (C=O) groups is 1. The number of rotatable bonds is 3. The number of nitrogens with zero attached hydrogens (tertiary/aromatic N) is 2. The molecule has 86 valence electrons. The van der Waals surface area contributed by atoms with E-state index in [0.29, 0.717) is 0 Å². The number of carbonyl (C=O) groups excluding carboxylic acids is 1. The normalized spacial score (nSPS) is 10.6. The number of nitro groups is 1. The average Bonchev–Trinajstić information content (AvgIpc) is 2.15. The molecule has 5 nitrogen and oxygen atoms in total. The molecule has 0 fully saturated rings. The zero-order valence-electron chi connectivity index (χ0n) is 7.29. The van der Waals surface area contributed by atoms with Crippen molar-refractivity contribution in [2.75, 3.05) is 0 Å². The van der Waals surface area contributed by atoms with Crippen molar-refractivity contribution in [3.05, 3.63) is 31.9 Å². The number of aromatic nitrogens is 1. The van der Waals surface area contributed by atoms with Crippen LogP contribution in [0, 0.1) is 10.1 Å². The summed E-state index contributed by atoms with van der Waals surface area (Å²) in [6.45, 7) is 0. The van der Waals surface area contributed by atoms with Crippen LogP contribution in [-0.4, -0.2) is 15.1 Å². The molecule has 0 bridgehead atoms. The first-order valence-electron chi connectivity index (χ1n) is 3.67. The van der Waals surface area contributed by atoms with Gasteiger partial charge in [0.2, 0.25) is 5.69 Å². The molecule has 1 aromatic heterocycles. The standard InChI is InChI=1S/C7H2BrClF2N2O3/c8-2-1-3(13(15)16)12-5(6(9)14)4(2)7(10)11/h1,7H. The molecule has 0 aliphatic rings. The minimum atomic E-state index is -3.01. The maximum Gasteiger partial charge on any atom is 0.365 e. The maximum atomic E-state index is 12.5. The molecule has 0 spiro atoms. The van der Waals surface area contributed by atoms with E-state index < -0.39 is 33.7 Å². The molecule has 1 aromatic rings. The number of halogens is 4. The summed E-state index contributed by atoms with van der Waals surface area (Å²) in [6, 6.07) is 0.783. The third-order valence-electron chi connectivity index (χ3n) is 1.59. The van der Waals surface area contributed by atoms with Gasteiger partial charge in [-0.05, 0) is 37.4 Å². The molecule has 0 atom stereocenters. The highest BCUT2D eigenvalue weighted by Crippen LogP contribution is 2.32. The molecule has 0 radical (unpaired) electrons. The quantitative estimate of drug-likeness (QED) is 0.488. The fraction of sp³-hybridized carbons (Fsp3) is 0.143. The van der Waals surface area contributed by atoms with Crippen molar-refractivity contribution in [3.63, 3.8) is 0 Å². The summed E-state index contributed by atoms with van der Waals surface area (Å²) in [4.78, 5) is 23.5. The lowest BCUT2D eigenvalue weighted by Gasteiger charge is -2.03. The van der Waals surface area contributed by atoms with Crippen LogP contribution in [0.15, 0.2) is 10.5 Å². The van der Waals surface area contributed by atoms with Crippen molar-refractivity contribution in [1.29, 1.82) is 0 Å². The molecule has 0 saturated carbocycles. The van der Waals surface area contributed by atoms with Gasteiger partial charge in [-0.25, -0.2) is 8.78 Å². The highest BCUT2D eigenvalue weighted by Gasteiger charge is 2.29. The Morgan fingerprint density at radius 2 is 2.19 bits per heavy atom. The van der Waals surface area contributed by atoms with E-state index in [2.05, 4.69) is 20.9 Å². The zero-order chi connectivity index (χ0) is 12.5. The minimum Gasteiger partial charge on any atom is -0.358 e. The lowest BCUT2D eigenvalue weighted by Crippen LogP contribution is -2.06. The van der Waals surface area contributed by atoms with E-state index in [1.807, 2.05) is 0 Å². The van der Waals surface area contributed by atoms with Gasteiger partial charge in [0.15, 0.2) is 0 Å². The van der Waals surface area contributed by atoms with Crippen LogP contribution in [0.1, 0.15) is 22.5 Å². The van der Waals surface area contributed by atoms with E-state index in [4.69, 9.17) is 11.6 Å². The molecular formula is C7H2BrClF2N2O3. The summed E-state index contributed by atoms with van der Waals surface area (Å²) in [5.41, 5.74) is -1.58. The Kier molecular flexibility index (Phi) is 3.87. The lowest BCUT2D eigenvalue weighted by atomic mass is 10.2. The first kappa shape index (κ1) is 12.9. The van der Waals surface area contributed by atoms with Crippen molar-refractivity contribution in [2.24, 2.45) is 0 Å². The van der Waals surface area contributed by atoms with Crippen LogP contribution in [0.25, 0.3) is 0 Å². The van der Waals surface area contributed by atoms with Crippen LogP contribution >= 0.6 is 27.5 Å². The van der Waals surface area contributed by atoms with E-state index in [-0.39, 0.29) is 4.47 Å². The van der Waals surface area contributed by atoms with Crippen LogP contribution in [0.3, 0.4) is 0 Å². The lowest BCUT2D eigenvalue weighted by molar-refractivity contribution is -0.389. The summed E-state index contributed by atoms with van der Waals surface area (Å²) in [5.74, 6) is -0.736. The molecule has 16 heavy (non-hydrogen) atoms. The summed E-state index contributed by atoms with van der Waals surface area (Å²) < 4.78 is 24.8. The molecule has 9 heteroatoms. The number of alkyl halides is 2. The number of pyridine rings is 1. The third-order valence-corrected chi connectivity index (χ3v) is 2.42. The van der Waals surface area contributed by atoms with E-state index in [9.17, 15) is 23.7 Å². The van der Waals surface area contributed by atoms with Crippen LogP contribution in [0.5, 0.6) is 0 Å². The van der Waals surface area contributed by atoms with E-state index >= 15 is 0 Å². The fourth-order valence-corrected chi connectivity index (χ4v) is 1.67. The smallest absolute Gasteiger partial charge is 0.358 e. The first-order valence-corrected chi connectivity index (χ1v) is 4.84. The molecule has 0 aliphatic carbocycles. The van der Waals surface area contributed by atoms with Gasteiger partial charge in [0.05, 0.1) is 11.6 Å². The molecule has 0 unspecified atom stereocenters. The van der Waals surface area contributed by atoms with Gasteiger partial charge in [-0.2, -0.15) is 0 Å². The first-order chi connectivity index (χ1) is 7.34. The van der Waals surface area contributed by atoms with Gasteiger partial charge in [0.1, 0.15) is 0 Å². The Labute approximate surface area is 101 Å². The molecule has 1 rings (SSSR count). The van der Waals surface area contributed by atoms with Crippen molar-refractivity contribution in [2.45, 2.75) is 6.43 Å². The number of hydrogen-bond donors (Lipinski definition) is 0. The highest BCUT2D eigenvalue weighted by atomic mass is 79.9. The van der Waals surface area contributed by atoms with Gasteiger partial charge in [-0.3, -0.25) is 4.79 Å². The molecule has 0 amide bonds. The maximum absolute atomic E-state index is 12.5. The Morgan fingerprint density at radius 3 is 2.56 bits per heavy atom. The topological polar surface area (TPSA) is 73.1 Å². The van der Waals surface area contributed by atoms with Crippen molar-refractivity contribution in [3.8, 4) is 0 Å². The van der Waals surface area contributed by atoms with Crippen LogP contribution in [0.4, 0.5) is 14.6 Å². The van der Waals surface area contributed by atoms with E-state index in [0.717, 1.165) is 6.07 Å². The Hall–Kier alpha value is -1.15. The van der Waals surface area contributed by atoms with Crippen LogP contribution < -0.4 is 0 Å². The second-order valence-electron chi connectivity index (χ2n) is 2.56. The Morgan fingerprint density at radius 1 is 1.62 bits per heavy atom. The average molecular weight is 315 g/mol. The Bertz CT molecular complexity index is 469. The summed E-state index contributed by atoms with van der Waals surface area (Å²) in [7, 11) is 0. The summed E-state index contributed by atoms with van der Waals surface area (Å²) in [6.07, 6.45) is -3.01. The summed E-state index contributed by atoms with van der Waals surface area (Å²) in [5, 5.41) is 9.11. The SMILES string of the molecule is O=C(Cl)c1nc([N+](=O)[O-])cc(Br)c1C(F)F. The van der Waals surface area contributed by atoms with Gasteiger partial charge in [-0.1, -0.05) is 0 Å². The van der Waals surface area contributed by atoms with Crippen molar-refractivity contribution in [1.82, 2.24) is 4.98 Å². The van der Waals surface area contributed by atoms with Gasteiger partial charge >= 0.3 is 5.82 Å². The largest absolute Gasteiger partial charge is 0.365 e. The van der Waals surface area contributed by atoms with Crippen molar-refractivity contribution < 1.29 is 18.5 Å². The molecular weight excluding hydrogens is 313 g/mol. The van der Waals surface area contributed by atoms with E-state index in [1.54, 1.807) is 0 Å². The number of hydrogen-bond acceptors (Lipinski definition) is 4. The molecule has 1 heterocycles. The molecule has 0 N–H and O–H groups in total.